The molecule has 1 N–H and O–H groups in total. The molecule has 0 spiro atoms. The van der Waals surface area contributed by atoms with Crippen LogP contribution >= 0.6 is 11.6 Å². The van der Waals surface area contributed by atoms with Crippen molar-refractivity contribution in [3.05, 3.63) is 70.5 Å². The lowest BCUT2D eigenvalue weighted by molar-refractivity contribution is -0.141. The molecule has 6 heteroatoms. The molecule has 0 aromatic heterocycles. The Hall–Kier alpha value is -2.40. The van der Waals surface area contributed by atoms with Gasteiger partial charge in [0.25, 0.3) is 0 Å². The summed E-state index contributed by atoms with van der Waals surface area (Å²) < 4.78 is 13.1. The van der Waals surface area contributed by atoms with Crippen LogP contribution in [-0.2, 0) is 16.0 Å². The quantitative estimate of drug-likeness (QED) is 0.908. The molecule has 1 aliphatic rings. The van der Waals surface area contributed by atoms with Crippen LogP contribution in [0.25, 0.3) is 0 Å². The van der Waals surface area contributed by atoms with Gasteiger partial charge in [-0.05, 0) is 23.3 Å². The minimum Gasteiger partial charge on any atom is -0.481 e. The number of benzene rings is 2. The van der Waals surface area contributed by atoms with E-state index in [-0.39, 0.29) is 29.8 Å². The van der Waals surface area contributed by atoms with Crippen molar-refractivity contribution in [3.8, 4) is 0 Å². The number of halogens is 2. The molecular weight excluding hydrogens is 345 g/mol. The topological polar surface area (TPSA) is 57.6 Å². The van der Waals surface area contributed by atoms with E-state index in [1.54, 1.807) is 4.90 Å². The summed E-state index contributed by atoms with van der Waals surface area (Å²) in [6, 6.07) is 13.2. The van der Waals surface area contributed by atoms with Crippen molar-refractivity contribution >= 4 is 23.5 Å². The molecule has 2 atom stereocenters. The first kappa shape index (κ1) is 17.4. The van der Waals surface area contributed by atoms with Crippen molar-refractivity contribution in [2.45, 2.75) is 12.3 Å². The summed E-state index contributed by atoms with van der Waals surface area (Å²) in [5.74, 6) is -2.47. The highest BCUT2D eigenvalue weighted by molar-refractivity contribution is 6.31. The van der Waals surface area contributed by atoms with Crippen molar-refractivity contribution < 1.29 is 19.1 Å². The molecule has 2 unspecified atom stereocenters. The lowest BCUT2D eigenvalue weighted by Gasteiger charge is -2.17. The zero-order chi connectivity index (χ0) is 18.0. The van der Waals surface area contributed by atoms with Crippen LogP contribution in [0.15, 0.2) is 48.5 Å². The number of carboxylic acid groups (broad SMARTS) is 1. The fraction of sp³-hybridized carbons (Fsp3) is 0.263. The maximum Gasteiger partial charge on any atom is 0.308 e. The summed E-state index contributed by atoms with van der Waals surface area (Å²) in [7, 11) is 0. The predicted molar refractivity (Wildman–Crippen MR) is 92.0 cm³/mol. The molecule has 2 aromatic rings. The Kier molecular flexibility index (Phi) is 5.04. The number of nitrogens with zero attached hydrogens (tertiary/aromatic N) is 1. The van der Waals surface area contributed by atoms with Gasteiger partial charge in [-0.2, -0.15) is 0 Å². The number of carbonyl (C=O) groups excluding carboxylic acids is 1. The highest BCUT2D eigenvalue weighted by atomic mass is 35.5. The highest BCUT2D eigenvalue weighted by Crippen LogP contribution is 2.33. The molecule has 1 saturated heterocycles. The van der Waals surface area contributed by atoms with E-state index in [0.29, 0.717) is 12.1 Å². The van der Waals surface area contributed by atoms with Crippen LogP contribution in [0.1, 0.15) is 17.0 Å². The lowest BCUT2D eigenvalue weighted by Crippen LogP contribution is -2.31. The molecule has 1 fully saturated rings. The van der Waals surface area contributed by atoms with Gasteiger partial charge >= 0.3 is 5.97 Å². The number of carboxylic acids is 1. The minimum atomic E-state index is -0.913. The monoisotopic (exact) mass is 361 g/mol. The van der Waals surface area contributed by atoms with Crippen molar-refractivity contribution in [3.63, 3.8) is 0 Å². The average Bonchev–Trinajstić information content (AvgIpc) is 3.04. The van der Waals surface area contributed by atoms with E-state index in [9.17, 15) is 19.1 Å². The second-order valence-electron chi connectivity index (χ2n) is 6.17. The fourth-order valence-corrected chi connectivity index (χ4v) is 3.47. The number of likely N-dealkylation sites (tertiary alicyclic amines) is 1. The van der Waals surface area contributed by atoms with Gasteiger partial charge in [-0.15, -0.1) is 0 Å². The summed E-state index contributed by atoms with van der Waals surface area (Å²) in [6.07, 6.45) is 0.0208. The van der Waals surface area contributed by atoms with Gasteiger partial charge < -0.3 is 10.0 Å². The third kappa shape index (κ3) is 3.82. The first-order valence-corrected chi connectivity index (χ1v) is 8.33. The standard InChI is InChI=1S/C19H17ClFNO3/c20-17-9-14(21)7-6-13(17)8-18(23)22-10-15(16(11-22)19(24)25)12-4-2-1-3-5-12/h1-7,9,15-16H,8,10-11H2,(H,24,25). The molecule has 1 amide bonds. The molecule has 1 heterocycles. The normalized spacial score (nSPS) is 19.8. The fourth-order valence-electron chi connectivity index (χ4n) is 3.24. The zero-order valence-corrected chi connectivity index (χ0v) is 14.1. The lowest BCUT2D eigenvalue weighted by atomic mass is 9.89. The molecule has 25 heavy (non-hydrogen) atoms. The van der Waals surface area contributed by atoms with Gasteiger partial charge in [0.15, 0.2) is 0 Å². The van der Waals surface area contributed by atoms with Crippen molar-refractivity contribution in [1.82, 2.24) is 4.90 Å². The Balaban J connectivity index is 1.76. The maximum absolute atomic E-state index is 13.1. The Morgan fingerprint density at radius 3 is 2.52 bits per heavy atom. The summed E-state index contributed by atoms with van der Waals surface area (Å²) in [6.45, 7) is 0.505. The summed E-state index contributed by atoms with van der Waals surface area (Å²) in [5.41, 5.74) is 1.44. The first-order chi connectivity index (χ1) is 12.0. The Bertz CT molecular complexity index is 797. The largest absolute Gasteiger partial charge is 0.481 e. The number of amides is 1. The second-order valence-corrected chi connectivity index (χ2v) is 6.58. The van der Waals surface area contributed by atoms with Gasteiger partial charge in [0.1, 0.15) is 5.82 Å². The molecule has 0 bridgehead atoms. The molecule has 1 aliphatic heterocycles. The van der Waals surface area contributed by atoms with Crippen molar-refractivity contribution in [1.29, 1.82) is 0 Å². The molecular formula is C19H17ClFNO3. The number of hydrogen-bond acceptors (Lipinski definition) is 2. The average molecular weight is 362 g/mol. The van der Waals surface area contributed by atoms with E-state index >= 15 is 0 Å². The van der Waals surface area contributed by atoms with Crippen LogP contribution in [-0.4, -0.2) is 35.0 Å². The van der Waals surface area contributed by atoms with Crippen LogP contribution in [0.3, 0.4) is 0 Å². The van der Waals surface area contributed by atoms with Gasteiger partial charge in [-0.25, -0.2) is 4.39 Å². The van der Waals surface area contributed by atoms with Crippen LogP contribution in [0.4, 0.5) is 4.39 Å². The van der Waals surface area contributed by atoms with Gasteiger partial charge in [0.2, 0.25) is 5.91 Å². The van der Waals surface area contributed by atoms with Crippen LogP contribution < -0.4 is 0 Å². The maximum atomic E-state index is 13.1. The van der Waals surface area contributed by atoms with E-state index in [2.05, 4.69) is 0 Å². The minimum absolute atomic E-state index is 0.0208. The van der Waals surface area contributed by atoms with E-state index in [1.165, 1.54) is 18.2 Å². The molecule has 2 aromatic carbocycles. The molecule has 0 radical (unpaired) electrons. The molecule has 4 nitrogen and oxygen atoms in total. The van der Waals surface area contributed by atoms with Crippen LogP contribution in [0, 0.1) is 11.7 Å². The van der Waals surface area contributed by atoms with Crippen LogP contribution in [0.5, 0.6) is 0 Å². The van der Waals surface area contributed by atoms with Crippen LogP contribution in [0.2, 0.25) is 5.02 Å². The van der Waals surface area contributed by atoms with Gasteiger partial charge in [-0.3, -0.25) is 9.59 Å². The van der Waals surface area contributed by atoms with E-state index in [1.807, 2.05) is 30.3 Å². The predicted octanol–water partition coefficient (Wildman–Crippen LogP) is 3.35. The Labute approximate surface area is 149 Å². The van der Waals surface area contributed by atoms with Crippen molar-refractivity contribution in [2.24, 2.45) is 5.92 Å². The summed E-state index contributed by atoms with van der Waals surface area (Å²) in [4.78, 5) is 25.7. The second kappa shape index (κ2) is 7.23. The van der Waals surface area contributed by atoms with Gasteiger partial charge in [0.05, 0.1) is 12.3 Å². The number of aliphatic carboxylic acids is 1. The molecule has 130 valence electrons. The third-order valence-electron chi connectivity index (χ3n) is 4.57. The smallest absolute Gasteiger partial charge is 0.308 e. The third-order valence-corrected chi connectivity index (χ3v) is 4.93. The Morgan fingerprint density at radius 1 is 1.16 bits per heavy atom. The summed E-state index contributed by atoms with van der Waals surface area (Å²) >= 11 is 5.98. The number of hydrogen-bond donors (Lipinski definition) is 1. The first-order valence-electron chi connectivity index (χ1n) is 7.95. The molecule has 3 rings (SSSR count). The van der Waals surface area contributed by atoms with E-state index in [4.69, 9.17) is 11.6 Å². The molecule has 0 aliphatic carbocycles. The zero-order valence-electron chi connectivity index (χ0n) is 13.4. The highest BCUT2D eigenvalue weighted by Gasteiger charge is 2.40. The summed E-state index contributed by atoms with van der Waals surface area (Å²) in [5, 5.41) is 9.70. The molecule has 0 saturated carbocycles. The van der Waals surface area contributed by atoms with E-state index < -0.39 is 17.7 Å². The number of carbonyl (C=O) groups is 2. The SMILES string of the molecule is O=C(O)C1CN(C(=O)Cc2ccc(F)cc2Cl)CC1c1ccccc1. The van der Waals surface area contributed by atoms with Gasteiger partial charge in [-0.1, -0.05) is 48.0 Å². The van der Waals surface area contributed by atoms with Gasteiger partial charge in [0, 0.05) is 24.0 Å². The van der Waals surface area contributed by atoms with E-state index in [0.717, 1.165) is 5.56 Å². The van der Waals surface area contributed by atoms with Crippen molar-refractivity contribution in [2.75, 3.05) is 13.1 Å². The number of rotatable bonds is 4. The Morgan fingerprint density at radius 2 is 1.88 bits per heavy atom.